The zero-order chi connectivity index (χ0) is 33.7. The molecule has 2 nitrogen and oxygen atoms in total. The van der Waals surface area contributed by atoms with E-state index in [9.17, 15) is 0 Å². The van der Waals surface area contributed by atoms with Crippen LogP contribution < -0.4 is 4.90 Å². The Bertz CT molecular complexity index is 2790. The lowest BCUT2D eigenvalue weighted by Crippen LogP contribution is -2.10. The summed E-state index contributed by atoms with van der Waals surface area (Å²) in [4.78, 5) is 2.37. The molecule has 0 spiro atoms. The van der Waals surface area contributed by atoms with Gasteiger partial charge in [0.2, 0.25) is 0 Å². The molecule has 0 amide bonds. The lowest BCUT2D eigenvalue weighted by atomic mass is 9.99. The predicted octanol–water partition coefficient (Wildman–Crippen LogP) is 14.0. The molecule has 8 aromatic carbocycles. The van der Waals surface area contributed by atoms with E-state index in [1.54, 1.807) is 0 Å². The molecule has 0 atom stereocenters. The summed E-state index contributed by atoms with van der Waals surface area (Å²) in [5, 5.41) is 5.17. The van der Waals surface area contributed by atoms with Gasteiger partial charge >= 0.3 is 0 Å². The second-order valence-electron chi connectivity index (χ2n) is 13.0. The summed E-state index contributed by atoms with van der Waals surface area (Å²) in [6.07, 6.45) is 0. The Labute approximate surface area is 300 Å². The van der Waals surface area contributed by atoms with E-state index in [-0.39, 0.29) is 0 Å². The van der Waals surface area contributed by atoms with Crippen molar-refractivity contribution in [3.8, 4) is 27.9 Å². The number of hydrogen-bond donors (Lipinski definition) is 0. The molecule has 10 rings (SSSR count). The van der Waals surface area contributed by atoms with Crippen molar-refractivity contribution in [2.75, 3.05) is 4.90 Å². The van der Waals surface area contributed by atoms with Gasteiger partial charge in [0.25, 0.3) is 0 Å². The van der Waals surface area contributed by atoms with Gasteiger partial charge in [0.1, 0.15) is 0 Å². The number of anilines is 3. The van der Waals surface area contributed by atoms with Crippen molar-refractivity contribution in [3.05, 3.63) is 194 Å². The maximum absolute atomic E-state index is 2.39. The molecular weight excluding hydrogens is 637 g/mol. The van der Waals surface area contributed by atoms with Crippen molar-refractivity contribution in [2.45, 2.75) is 0 Å². The first-order valence-corrected chi connectivity index (χ1v) is 18.2. The van der Waals surface area contributed by atoms with E-state index in [4.69, 9.17) is 0 Å². The first kappa shape index (κ1) is 29.5. The van der Waals surface area contributed by atoms with E-state index < -0.39 is 0 Å². The van der Waals surface area contributed by atoms with Crippen LogP contribution in [0.1, 0.15) is 0 Å². The van der Waals surface area contributed by atoms with Gasteiger partial charge in [-0.25, -0.2) is 0 Å². The number of nitrogens with zero attached hydrogens (tertiary/aromatic N) is 2. The number of para-hydroxylation sites is 2. The van der Waals surface area contributed by atoms with Crippen molar-refractivity contribution < 1.29 is 0 Å². The highest BCUT2D eigenvalue weighted by atomic mass is 32.1. The fourth-order valence-corrected chi connectivity index (χ4v) is 8.79. The van der Waals surface area contributed by atoms with Gasteiger partial charge in [0.15, 0.2) is 0 Å². The van der Waals surface area contributed by atoms with Crippen LogP contribution in [0.5, 0.6) is 0 Å². The normalized spacial score (nSPS) is 11.5. The highest BCUT2D eigenvalue weighted by molar-refractivity contribution is 7.25. The minimum atomic E-state index is 1.10. The Morgan fingerprint density at radius 3 is 1.63 bits per heavy atom. The van der Waals surface area contributed by atoms with Crippen LogP contribution in [0, 0.1) is 0 Å². The molecule has 0 saturated heterocycles. The van der Waals surface area contributed by atoms with Crippen LogP contribution in [0.2, 0.25) is 0 Å². The van der Waals surface area contributed by atoms with Crippen molar-refractivity contribution in [1.82, 2.24) is 4.57 Å². The molecule has 0 aliphatic carbocycles. The minimum Gasteiger partial charge on any atom is -0.310 e. The first-order chi connectivity index (χ1) is 25.3. The molecule has 0 N–H and O–H groups in total. The van der Waals surface area contributed by atoms with Crippen LogP contribution in [0.4, 0.5) is 17.1 Å². The van der Waals surface area contributed by atoms with Crippen LogP contribution in [-0.4, -0.2) is 4.57 Å². The summed E-state index contributed by atoms with van der Waals surface area (Å²) in [7, 11) is 0. The van der Waals surface area contributed by atoms with Gasteiger partial charge in [-0.3, -0.25) is 0 Å². The second kappa shape index (κ2) is 12.2. The Morgan fingerprint density at radius 1 is 0.373 bits per heavy atom. The van der Waals surface area contributed by atoms with Gasteiger partial charge in [-0.1, -0.05) is 127 Å². The van der Waals surface area contributed by atoms with E-state index in [1.807, 2.05) is 11.3 Å². The summed E-state index contributed by atoms with van der Waals surface area (Å²) >= 11 is 1.86. The molecule has 0 saturated carbocycles. The van der Waals surface area contributed by atoms with Gasteiger partial charge in [0, 0.05) is 53.7 Å². The lowest BCUT2D eigenvalue weighted by Gasteiger charge is -2.26. The van der Waals surface area contributed by atoms with Crippen molar-refractivity contribution in [3.63, 3.8) is 0 Å². The molecule has 0 fully saturated rings. The highest BCUT2D eigenvalue weighted by Crippen LogP contribution is 2.42. The summed E-state index contributed by atoms with van der Waals surface area (Å²) in [6.45, 7) is 0. The van der Waals surface area contributed by atoms with E-state index in [1.165, 1.54) is 64.2 Å². The zero-order valence-corrected chi connectivity index (χ0v) is 28.6. The zero-order valence-electron chi connectivity index (χ0n) is 27.8. The first-order valence-electron chi connectivity index (χ1n) is 17.4. The quantitative estimate of drug-likeness (QED) is 0.171. The molecule has 2 aromatic heterocycles. The number of fused-ring (bicyclic) bond motifs is 6. The fraction of sp³-hybridized carbons (Fsp3) is 0. The minimum absolute atomic E-state index is 1.10. The van der Waals surface area contributed by atoms with Gasteiger partial charge in [-0.15, -0.1) is 11.3 Å². The van der Waals surface area contributed by atoms with Crippen LogP contribution in [-0.2, 0) is 0 Å². The van der Waals surface area contributed by atoms with Crippen LogP contribution in [0.3, 0.4) is 0 Å². The average molecular weight is 669 g/mol. The maximum atomic E-state index is 2.39. The van der Waals surface area contributed by atoms with Crippen molar-refractivity contribution in [2.24, 2.45) is 0 Å². The smallest absolute Gasteiger partial charge is 0.0541 e. The molecule has 2 heterocycles. The van der Waals surface area contributed by atoms with Gasteiger partial charge in [-0.05, 0) is 89.0 Å². The SMILES string of the molecule is c1ccc(-c2ccc(N(c3ccc(-c4cccc5sc6ccccc6c45)cc3)c3cccc(-n4c5ccccc5c5ccccc54)c3)cc2)cc1. The summed E-state index contributed by atoms with van der Waals surface area (Å²) in [5.74, 6) is 0. The molecule has 240 valence electrons. The van der Waals surface area contributed by atoms with E-state index in [0.717, 1.165) is 22.7 Å². The van der Waals surface area contributed by atoms with Gasteiger partial charge in [-0.2, -0.15) is 0 Å². The molecule has 0 unspecified atom stereocenters. The molecule has 51 heavy (non-hydrogen) atoms. The lowest BCUT2D eigenvalue weighted by molar-refractivity contribution is 1.17. The largest absolute Gasteiger partial charge is 0.310 e. The number of aromatic nitrogens is 1. The van der Waals surface area contributed by atoms with Gasteiger partial charge in [0.05, 0.1) is 11.0 Å². The van der Waals surface area contributed by atoms with Crippen molar-refractivity contribution in [1.29, 1.82) is 0 Å². The monoisotopic (exact) mass is 668 g/mol. The van der Waals surface area contributed by atoms with Crippen LogP contribution >= 0.6 is 11.3 Å². The summed E-state index contributed by atoms with van der Waals surface area (Å²) in [5.41, 5.74) is 11.7. The molecule has 0 aliphatic heterocycles. The third-order valence-electron chi connectivity index (χ3n) is 10.00. The Hall–Kier alpha value is -6.42. The topological polar surface area (TPSA) is 8.17 Å². The van der Waals surface area contributed by atoms with Crippen LogP contribution in [0.25, 0.3) is 69.9 Å². The molecular formula is C48H32N2S. The standard InChI is InChI=1S/C48H32N2S/c1-2-12-33(13-3-1)34-24-28-36(29-25-34)49(37-30-26-35(27-31-37)40-19-11-23-47-48(40)43-18-6-9-22-46(43)51-47)38-14-10-15-39(32-38)50-44-20-7-4-16-41(44)42-17-5-8-21-45(42)50/h1-32H. The predicted molar refractivity (Wildman–Crippen MR) is 219 cm³/mol. The third kappa shape index (κ3) is 5.01. The second-order valence-corrected chi connectivity index (χ2v) is 14.0. The van der Waals surface area contributed by atoms with E-state index in [0.29, 0.717) is 0 Å². The summed E-state index contributed by atoms with van der Waals surface area (Å²) in [6, 6.07) is 70.3. The molecule has 3 heteroatoms. The number of hydrogen-bond acceptors (Lipinski definition) is 2. The van der Waals surface area contributed by atoms with Crippen LogP contribution in [0.15, 0.2) is 194 Å². The third-order valence-corrected chi connectivity index (χ3v) is 11.1. The molecule has 0 aliphatic rings. The molecule has 0 radical (unpaired) electrons. The number of rotatable bonds is 6. The average Bonchev–Trinajstić information content (AvgIpc) is 3.75. The summed E-state index contributed by atoms with van der Waals surface area (Å²) < 4.78 is 5.03. The molecule has 10 aromatic rings. The van der Waals surface area contributed by atoms with E-state index >= 15 is 0 Å². The fourth-order valence-electron chi connectivity index (χ4n) is 7.66. The van der Waals surface area contributed by atoms with Crippen molar-refractivity contribution >= 4 is 70.4 Å². The number of thiophene rings is 1. The Morgan fingerprint density at radius 2 is 0.922 bits per heavy atom. The number of benzene rings is 8. The molecule has 0 bridgehead atoms. The Balaban J connectivity index is 1.12. The van der Waals surface area contributed by atoms with E-state index in [2.05, 4.69) is 204 Å². The maximum Gasteiger partial charge on any atom is 0.0541 e. The Kier molecular flexibility index (Phi) is 7.04. The highest BCUT2D eigenvalue weighted by Gasteiger charge is 2.17. The van der Waals surface area contributed by atoms with Gasteiger partial charge < -0.3 is 9.47 Å².